The molecular weight excluding hydrogens is 274 g/mol. The molecule has 0 aliphatic heterocycles. The molecule has 3 nitrogen and oxygen atoms in total. The van der Waals surface area contributed by atoms with Crippen LogP contribution in [0.3, 0.4) is 0 Å². The highest BCUT2D eigenvalue weighted by molar-refractivity contribution is 6.07. The predicted molar refractivity (Wildman–Crippen MR) is 89.8 cm³/mol. The molecule has 1 heterocycles. The van der Waals surface area contributed by atoms with Gasteiger partial charge in [-0.1, -0.05) is 24.3 Å². The maximum atomic E-state index is 11.7. The Balaban J connectivity index is 2.35. The van der Waals surface area contributed by atoms with Crippen LogP contribution in [0.2, 0.25) is 0 Å². The average molecular weight is 293 g/mol. The third kappa shape index (κ3) is 2.19. The number of para-hydroxylation sites is 1. The first-order chi connectivity index (χ1) is 10.7. The highest BCUT2D eigenvalue weighted by Gasteiger charge is 2.18. The second kappa shape index (κ2) is 5.68. The summed E-state index contributed by atoms with van der Waals surface area (Å²) >= 11 is 0. The summed E-state index contributed by atoms with van der Waals surface area (Å²) in [6.45, 7) is 6.62. The highest BCUT2D eigenvalue weighted by atomic mass is 16.5. The van der Waals surface area contributed by atoms with E-state index in [0.29, 0.717) is 12.2 Å². The summed E-state index contributed by atoms with van der Waals surface area (Å²) in [5, 5.41) is 0.997. The van der Waals surface area contributed by atoms with Crippen LogP contribution in [0.4, 0.5) is 0 Å². The number of carbonyl (C=O) groups is 1. The fourth-order valence-electron chi connectivity index (χ4n) is 2.92. The molecule has 0 aliphatic rings. The second-order valence-electron chi connectivity index (χ2n) is 5.41. The lowest BCUT2D eigenvalue weighted by Gasteiger charge is -2.09. The topological polar surface area (TPSA) is 42.1 Å². The third-order valence-corrected chi connectivity index (χ3v) is 3.98. The molecule has 112 valence electrons. The molecule has 1 aromatic heterocycles. The Morgan fingerprint density at radius 1 is 1.09 bits per heavy atom. The van der Waals surface area contributed by atoms with Gasteiger partial charge in [-0.25, -0.2) is 0 Å². The number of ether oxygens (including phenoxy) is 1. The zero-order chi connectivity index (χ0) is 15.7. The number of fused-ring (bicyclic) bond motifs is 1. The third-order valence-electron chi connectivity index (χ3n) is 3.98. The van der Waals surface area contributed by atoms with E-state index >= 15 is 0 Å². The van der Waals surface area contributed by atoms with E-state index in [1.165, 1.54) is 0 Å². The van der Waals surface area contributed by atoms with Crippen molar-refractivity contribution in [3.63, 3.8) is 0 Å². The number of aromatic nitrogens is 1. The average Bonchev–Trinajstić information content (AvgIpc) is 2.92. The van der Waals surface area contributed by atoms with E-state index in [-0.39, 0.29) is 0 Å². The van der Waals surface area contributed by atoms with Crippen molar-refractivity contribution in [3.05, 3.63) is 53.1 Å². The number of aryl methyl sites for hydroxylation is 2. The number of rotatable bonds is 4. The monoisotopic (exact) mass is 293 g/mol. The molecule has 2 aromatic carbocycles. The summed E-state index contributed by atoms with van der Waals surface area (Å²) < 4.78 is 5.71. The molecule has 0 saturated heterocycles. The number of H-pyrrole nitrogens is 1. The molecular formula is C19H19NO2. The minimum atomic E-state index is 0.589. The number of hydrogen-bond acceptors (Lipinski definition) is 2. The van der Waals surface area contributed by atoms with Crippen molar-refractivity contribution in [1.82, 2.24) is 4.98 Å². The van der Waals surface area contributed by atoms with Gasteiger partial charge >= 0.3 is 0 Å². The zero-order valence-corrected chi connectivity index (χ0v) is 13.1. The van der Waals surface area contributed by atoms with Gasteiger partial charge < -0.3 is 9.72 Å². The molecule has 0 aliphatic carbocycles. The maximum Gasteiger partial charge on any atom is 0.152 e. The minimum absolute atomic E-state index is 0.589. The second-order valence-corrected chi connectivity index (χ2v) is 5.41. The Labute approximate surface area is 129 Å². The molecule has 0 bridgehead atoms. The first-order valence-electron chi connectivity index (χ1n) is 7.46. The lowest BCUT2D eigenvalue weighted by atomic mass is 10.0. The van der Waals surface area contributed by atoms with Gasteiger partial charge in [0.2, 0.25) is 0 Å². The number of aromatic amines is 1. The summed E-state index contributed by atoms with van der Waals surface area (Å²) in [6, 6.07) is 11.9. The van der Waals surface area contributed by atoms with Gasteiger partial charge in [0.15, 0.2) is 6.29 Å². The standard InChI is InChI=1S/C19H19NO2/c1-4-22-16-8-6-5-7-14(16)19-15(11-21)17-12(2)9-10-13(3)18(17)20-19/h5-11,20H,4H2,1-3H3. The molecule has 0 atom stereocenters. The van der Waals surface area contributed by atoms with E-state index < -0.39 is 0 Å². The first-order valence-corrected chi connectivity index (χ1v) is 7.46. The van der Waals surface area contributed by atoms with Crippen molar-refractivity contribution in [1.29, 1.82) is 0 Å². The number of aldehydes is 1. The molecule has 3 heteroatoms. The lowest BCUT2D eigenvalue weighted by Crippen LogP contribution is -1.95. The Hall–Kier alpha value is -2.55. The van der Waals surface area contributed by atoms with E-state index in [4.69, 9.17) is 4.74 Å². The summed E-state index contributed by atoms with van der Waals surface area (Å²) in [7, 11) is 0. The molecule has 1 N–H and O–H groups in total. The van der Waals surface area contributed by atoms with Crippen LogP contribution in [-0.2, 0) is 0 Å². The van der Waals surface area contributed by atoms with Gasteiger partial charge in [0.25, 0.3) is 0 Å². The van der Waals surface area contributed by atoms with Crippen molar-refractivity contribution in [2.24, 2.45) is 0 Å². The molecule has 0 radical (unpaired) electrons. The predicted octanol–water partition coefficient (Wildman–Crippen LogP) is 4.66. The van der Waals surface area contributed by atoms with Crippen LogP contribution in [0.15, 0.2) is 36.4 Å². The van der Waals surface area contributed by atoms with E-state index in [1.54, 1.807) is 0 Å². The van der Waals surface area contributed by atoms with E-state index in [9.17, 15) is 4.79 Å². The Morgan fingerprint density at radius 3 is 2.55 bits per heavy atom. The Bertz CT molecular complexity index is 846. The fourth-order valence-corrected chi connectivity index (χ4v) is 2.92. The molecule has 3 rings (SSSR count). The minimum Gasteiger partial charge on any atom is -0.493 e. The SMILES string of the molecule is CCOc1ccccc1-c1[nH]c2c(C)ccc(C)c2c1C=O. The van der Waals surface area contributed by atoms with Crippen LogP contribution in [0, 0.1) is 13.8 Å². The summed E-state index contributed by atoms with van der Waals surface area (Å²) in [5.41, 5.74) is 5.68. The quantitative estimate of drug-likeness (QED) is 0.711. The maximum absolute atomic E-state index is 11.7. The number of benzene rings is 2. The highest BCUT2D eigenvalue weighted by Crippen LogP contribution is 2.36. The van der Waals surface area contributed by atoms with Crippen molar-refractivity contribution in [2.75, 3.05) is 6.61 Å². The molecule has 0 saturated carbocycles. The van der Waals surface area contributed by atoms with Crippen molar-refractivity contribution < 1.29 is 9.53 Å². The lowest BCUT2D eigenvalue weighted by molar-refractivity contribution is 0.112. The summed E-state index contributed by atoms with van der Waals surface area (Å²) in [5.74, 6) is 0.787. The van der Waals surface area contributed by atoms with E-state index in [1.807, 2.05) is 45.0 Å². The fraction of sp³-hybridized carbons (Fsp3) is 0.211. The van der Waals surface area contributed by atoms with Crippen molar-refractivity contribution >= 4 is 17.2 Å². The Morgan fingerprint density at radius 2 is 1.82 bits per heavy atom. The van der Waals surface area contributed by atoms with Gasteiger partial charge in [0, 0.05) is 22.0 Å². The molecule has 3 aromatic rings. The molecule has 0 unspecified atom stereocenters. The number of hydrogen-bond donors (Lipinski definition) is 1. The summed E-state index contributed by atoms with van der Waals surface area (Å²) in [6.07, 6.45) is 0.934. The van der Waals surface area contributed by atoms with Crippen LogP contribution in [0.25, 0.3) is 22.2 Å². The summed E-state index contributed by atoms with van der Waals surface area (Å²) in [4.78, 5) is 15.2. The van der Waals surface area contributed by atoms with Gasteiger partial charge in [-0.15, -0.1) is 0 Å². The smallest absolute Gasteiger partial charge is 0.152 e. The van der Waals surface area contributed by atoms with E-state index in [2.05, 4.69) is 17.1 Å². The normalized spacial score (nSPS) is 10.9. The van der Waals surface area contributed by atoms with Crippen LogP contribution < -0.4 is 4.74 Å². The van der Waals surface area contributed by atoms with Gasteiger partial charge in [-0.3, -0.25) is 4.79 Å². The van der Waals surface area contributed by atoms with Crippen LogP contribution >= 0.6 is 0 Å². The van der Waals surface area contributed by atoms with Crippen molar-refractivity contribution in [2.45, 2.75) is 20.8 Å². The Kier molecular flexibility index (Phi) is 3.72. The van der Waals surface area contributed by atoms with Gasteiger partial charge in [-0.05, 0) is 44.0 Å². The van der Waals surface area contributed by atoms with Gasteiger partial charge in [0.1, 0.15) is 5.75 Å². The largest absolute Gasteiger partial charge is 0.493 e. The molecule has 0 amide bonds. The van der Waals surface area contributed by atoms with Crippen LogP contribution in [-0.4, -0.2) is 17.9 Å². The van der Waals surface area contributed by atoms with E-state index in [0.717, 1.165) is 45.3 Å². The molecule has 0 fully saturated rings. The number of carbonyl (C=O) groups excluding carboxylic acids is 1. The van der Waals surface area contributed by atoms with Gasteiger partial charge in [-0.2, -0.15) is 0 Å². The number of nitrogens with one attached hydrogen (secondary N) is 1. The van der Waals surface area contributed by atoms with Crippen molar-refractivity contribution in [3.8, 4) is 17.0 Å². The van der Waals surface area contributed by atoms with Gasteiger partial charge in [0.05, 0.1) is 12.3 Å². The van der Waals surface area contributed by atoms with Crippen LogP contribution in [0.5, 0.6) is 5.75 Å². The molecule has 0 spiro atoms. The zero-order valence-electron chi connectivity index (χ0n) is 13.1. The molecule has 22 heavy (non-hydrogen) atoms. The first kappa shape index (κ1) is 14.4. The van der Waals surface area contributed by atoms with Crippen LogP contribution in [0.1, 0.15) is 28.4 Å².